The number of rotatable bonds is 3. The number of hydrogen-bond donors (Lipinski definition) is 2. The lowest BCUT2D eigenvalue weighted by Gasteiger charge is -1.99. The van der Waals surface area contributed by atoms with Crippen LogP contribution >= 0.6 is 11.5 Å². The minimum Gasteiger partial charge on any atom is -0.479 e. The molecule has 0 aliphatic rings. The summed E-state index contributed by atoms with van der Waals surface area (Å²) in [4.78, 5) is 10.1. The molecule has 6 heteroatoms. The van der Waals surface area contributed by atoms with Crippen LogP contribution in [0.15, 0.2) is 5.38 Å². The summed E-state index contributed by atoms with van der Waals surface area (Å²) in [6, 6.07) is 0. The third kappa shape index (κ3) is 2.24. The van der Waals surface area contributed by atoms with Crippen molar-refractivity contribution in [2.45, 2.75) is 12.5 Å². The molecule has 0 bridgehead atoms. The van der Waals surface area contributed by atoms with Gasteiger partial charge in [-0.2, -0.15) is 0 Å². The number of aliphatic hydroxyl groups is 1. The van der Waals surface area contributed by atoms with Crippen LogP contribution in [0.3, 0.4) is 0 Å². The Labute approximate surface area is 66.5 Å². The molecule has 1 atom stereocenters. The van der Waals surface area contributed by atoms with Gasteiger partial charge in [-0.25, -0.2) is 4.79 Å². The molecule has 1 heterocycles. The first-order chi connectivity index (χ1) is 5.20. The molecular weight excluding hydrogens is 168 g/mol. The summed E-state index contributed by atoms with van der Waals surface area (Å²) in [5, 5.41) is 22.3. The molecule has 1 aromatic heterocycles. The van der Waals surface area contributed by atoms with Gasteiger partial charge in [-0.3, -0.25) is 0 Å². The molecule has 1 aromatic rings. The van der Waals surface area contributed by atoms with Gasteiger partial charge in [0.05, 0.1) is 5.69 Å². The Morgan fingerprint density at radius 1 is 1.82 bits per heavy atom. The molecule has 1 rings (SSSR count). The maximum atomic E-state index is 10.1. The lowest BCUT2D eigenvalue weighted by molar-refractivity contribution is -0.146. The van der Waals surface area contributed by atoms with E-state index in [9.17, 15) is 4.79 Å². The lowest BCUT2D eigenvalue weighted by Crippen LogP contribution is -2.22. The second-order valence-electron chi connectivity index (χ2n) is 1.95. The Bertz CT molecular complexity index is 236. The maximum absolute atomic E-state index is 10.1. The van der Waals surface area contributed by atoms with E-state index in [4.69, 9.17) is 10.2 Å². The smallest absolute Gasteiger partial charge is 0.332 e. The van der Waals surface area contributed by atoms with Crippen LogP contribution in [0, 0.1) is 0 Å². The molecule has 0 aliphatic heterocycles. The van der Waals surface area contributed by atoms with Crippen LogP contribution in [0.2, 0.25) is 0 Å². The molecule has 0 aliphatic carbocycles. The van der Waals surface area contributed by atoms with E-state index in [1.165, 1.54) is 0 Å². The Hall–Kier alpha value is -1.01. The minimum absolute atomic E-state index is 0.0197. The van der Waals surface area contributed by atoms with Crippen LogP contribution in [0.1, 0.15) is 5.69 Å². The largest absolute Gasteiger partial charge is 0.479 e. The van der Waals surface area contributed by atoms with E-state index in [0.29, 0.717) is 5.69 Å². The number of nitrogens with zero attached hydrogens (tertiary/aromatic N) is 2. The van der Waals surface area contributed by atoms with E-state index < -0.39 is 12.1 Å². The van der Waals surface area contributed by atoms with Crippen molar-refractivity contribution in [3.63, 3.8) is 0 Å². The fourth-order valence-corrected chi connectivity index (χ4v) is 1.02. The zero-order chi connectivity index (χ0) is 8.27. The number of carboxylic acids is 1. The number of carbonyl (C=O) groups is 1. The monoisotopic (exact) mass is 174 g/mol. The highest BCUT2D eigenvalue weighted by Gasteiger charge is 2.14. The molecule has 2 N–H and O–H groups in total. The highest BCUT2D eigenvalue weighted by Crippen LogP contribution is 2.01. The molecule has 60 valence electrons. The van der Waals surface area contributed by atoms with Gasteiger partial charge in [-0.05, 0) is 11.5 Å². The van der Waals surface area contributed by atoms with Crippen molar-refractivity contribution in [2.24, 2.45) is 0 Å². The molecule has 0 saturated carbocycles. The minimum atomic E-state index is -1.38. The van der Waals surface area contributed by atoms with Crippen LogP contribution < -0.4 is 0 Å². The van der Waals surface area contributed by atoms with Gasteiger partial charge in [0.2, 0.25) is 0 Å². The van der Waals surface area contributed by atoms with Gasteiger partial charge in [0.1, 0.15) is 0 Å². The van der Waals surface area contributed by atoms with Crippen LogP contribution in [0.4, 0.5) is 0 Å². The van der Waals surface area contributed by atoms with Crippen molar-refractivity contribution in [1.82, 2.24) is 9.59 Å². The van der Waals surface area contributed by atoms with E-state index in [1.54, 1.807) is 5.38 Å². The van der Waals surface area contributed by atoms with Crippen molar-refractivity contribution in [1.29, 1.82) is 0 Å². The van der Waals surface area contributed by atoms with Gasteiger partial charge >= 0.3 is 5.97 Å². The van der Waals surface area contributed by atoms with Gasteiger partial charge in [-0.1, -0.05) is 4.49 Å². The maximum Gasteiger partial charge on any atom is 0.332 e. The summed E-state index contributed by atoms with van der Waals surface area (Å²) in [7, 11) is 0. The molecule has 0 amide bonds. The van der Waals surface area contributed by atoms with Gasteiger partial charge in [0.25, 0.3) is 0 Å². The van der Waals surface area contributed by atoms with Crippen molar-refractivity contribution in [2.75, 3.05) is 0 Å². The SMILES string of the molecule is O=C(O)C(O)Cc1csnn1. The van der Waals surface area contributed by atoms with Crippen molar-refractivity contribution in [3.8, 4) is 0 Å². The van der Waals surface area contributed by atoms with Gasteiger partial charge in [0, 0.05) is 11.8 Å². The first-order valence-corrected chi connectivity index (χ1v) is 3.70. The molecule has 0 fully saturated rings. The predicted octanol–water partition coefficient (Wildman–Crippen LogP) is -0.474. The third-order valence-corrected chi connectivity index (χ3v) is 1.65. The van der Waals surface area contributed by atoms with E-state index in [0.717, 1.165) is 11.5 Å². The average molecular weight is 174 g/mol. The summed E-state index contributed by atoms with van der Waals surface area (Å²) in [6.07, 6.45) is -1.36. The van der Waals surface area contributed by atoms with Gasteiger partial charge in [0.15, 0.2) is 6.10 Å². The molecule has 5 nitrogen and oxygen atoms in total. The molecule has 0 saturated heterocycles. The predicted molar refractivity (Wildman–Crippen MR) is 37.3 cm³/mol. The highest BCUT2D eigenvalue weighted by atomic mass is 32.1. The molecule has 1 unspecified atom stereocenters. The van der Waals surface area contributed by atoms with Gasteiger partial charge in [-0.15, -0.1) is 5.10 Å². The normalized spacial score (nSPS) is 12.8. The number of carboxylic acid groups (broad SMARTS) is 1. The standard InChI is InChI=1S/C5H6N2O3S/c8-4(5(9)10)1-3-2-11-7-6-3/h2,4,8H,1H2,(H,9,10). The average Bonchev–Trinajstić information content (AvgIpc) is 2.39. The van der Waals surface area contributed by atoms with E-state index in [1.807, 2.05) is 0 Å². The van der Waals surface area contributed by atoms with Crippen LogP contribution in [0.5, 0.6) is 0 Å². The second kappa shape index (κ2) is 3.40. The van der Waals surface area contributed by atoms with E-state index in [-0.39, 0.29) is 6.42 Å². The number of aromatic nitrogens is 2. The van der Waals surface area contributed by atoms with Crippen LogP contribution in [0.25, 0.3) is 0 Å². The molecule has 0 aromatic carbocycles. The molecule has 0 radical (unpaired) electrons. The van der Waals surface area contributed by atoms with E-state index in [2.05, 4.69) is 9.59 Å². The van der Waals surface area contributed by atoms with Crippen molar-refractivity contribution < 1.29 is 15.0 Å². The zero-order valence-corrected chi connectivity index (χ0v) is 6.28. The first-order valence-electron chi connectivity index (χ1n) is 2.87. The number of aliphatic carboxylic acids is 1. The first kappa shape index (κ1) is 8.09. The lowest BCUT2D eigenvalue weighted by atomic mass is 10.2. The third-order valence-electron chi connectivity index (χ3n) is 1.09. The van der Waals surface area contributed by atoms with Crippen LogP contribution in [-0.2, 0) is 11.2 Å². The van der Waals surface area contributed by atoms with Crippen LogP contribution in [-0.4, -0.2) is 31.9 Å². The highest BCUT2D eigenvalue weighted by molar-refractivity contribution is 7.03. The zero-order valence-electron chi connectivity index (χ0n) is 5.47. The molecular formula is C5H6N2O3S. The summed E-state index contributed by atoms with van der Waals surface area (Å²) in [5.41, 5.74) is 0.505. The Kier molecular flexibility index (Phi) is 2.50. The number of aliphatic hydroxyl groups excluding tert-OH is 1. The summed E-state index contributed by atoms with van der Waals surface area (Å²) >= 11 is 1.13. The van der Waals surface area contributed by atoms with Gasteiger partial charge < -0.3 is 10.2 Å². The Balaban J connectivity index is 2.50. The summed E-state index contributed by atoms with van der Waals surface area (Å²) in [6.45, 7) is 0. The fraction of sp³-hybridized carbons (Fsp3) is 0.400. The Morgan fingerprint density at radius 3 is 3.00 bits per heavy atom. The van der Waals surface area contributed by atoms with Crippen molar-refractivity contribution >= 4 is 17.5 Å². The quantitative estimate of drug-likeness (QED) is 0.647. The molecule has 0 spiro atoms. The topological polar surface area (TPSA) is 83.3 Å². The Morgan fingerprint density at radius 2 is 2.55 bits per heavy atom. The number of hydrogen-bond acceptors (Lipinski definition) is 5. The second-order valence-corrected chi connectivity index (χ2v) is 2.56. The van der Waals surface area contributed by atoms with Crippen molar-refractivity contribution in [3.05, 3.63) is 11.1 Å². The van der Waals surface area contributed by atoms with E-state index >= 15 is 0 Å². The summed E-state index contributed by atoms with van der Waals surface area (Å²) in [5.74, 6) is -1.24. The fourth-order valence-electron chi connectivity index (χ4n) is 0.558. The molecule has 11 heavy (non-hydrogen) atoms. The summed E-state index contributed by atoms with van der Waals surface area (Å²) < 4.78 is 3.52.